The predicted octanol–water partition coefficient (Wildman–Crippen LogP) is 3.33. The van der Waals surface area contributed by atoms with E-state index in [-0.39, 0.29) is 5.82 Å². The second-order valence-electron chi connectivity index (χ2n) is 8.77. The first-order chi connectivity index (χ1) is 17.1. The van der Waals surface area contributed by atoms with Crippen molar-refractivity contribution in [2.75, 3.05) is 51.8 Å². The van der Waals surface area contributed by atoms with Crippen molar-refractivity contribution in [3.05, 3.63) is 71.7 Å². The molecule has 3 aromatic rings. The molecule has 0 aliphatic carbocycles. The first-order valence-electron chi connectivity index (χ1n) is 11.7. The third kappa shape index (κ3) is 5.48. The molecule has 2 aliphatic rings. The van der Waals surface area contributed by atoms with Gasteiger partial charge in [0.1, 0.15) is 5.82 Å². The van der Waals surface area contributed by atoms with E-state index < -0.39 is 5.97 Å². The molecule has 3 heterocycles. The van der Waals surface area contributed by atoms with Gasteiger partial charge in [-0.3, -0.25) is 9.80 Å². The first-order valence-corrected chi connectivity index (χ1v) is 11.7. The van der Waals surface area contributed by atoms with Crippen LogP contribution in [0.1, 0.15) is 15.9 Å². The summed E-state index contributed by atoms with van der Waals surface area (Å²) in [6.07, 6.45) is 1.64. The number of esters is 1. The quantitative estimate of drug-likeness (QED) is 0.519. The number of aromatic nitrogens is 2. The lowest BCUT2D eigenvalue weighted by molar-refractivity contribution is -0.0774. The number of carbonyl (C=O) groups is 1. The van der Waals surface area contributed by atoms with Gasteiger partial charge < -0.3 is 14.8 Å². The maximum Gasteiger partial charge on any atom is 0.337 e. The highest BCUT2D eigenvalue weighted by Crippen LogP contribution is 2.23. The lowest BCUT2D eigenvalue weighted by Gasteiger charge is -2.42. The Morgan fingerprint density at radius 2 is 1.89 bits per heavy atom. The van der Waals surface area contributed by atoms with Gasteiger partial charge in [0.25, 0.3) is 0 Å². The Kier molecular flexibility index (Phi) is 6.98. The van der Waals surface area contributed by atoms with Crippen molar-refractivity contribution in [2.45, 2.75) is 12.6 Å². The number of benzene rings is 2. The van der Waals surface area contributed by atoms with Crippen molar-refractivity contribution in [1.82, 2.24) is 19.8 Å². The minimum Gasteiger partial charge on any atom is -0.465 e. The van der Waals surface area contributed by atoms with Crippen LogP contribution in [-0.2, 0) is 16.0 Å². The number of nitrogens with zero attached hydrogens (tertiary/aromatic N) is 4. The maximum absolute atomic E-state index is 14.9. The van der Waals surface area contributed by atoms with Crippen molar-refractivity contribution in [1.29, 1.82) is 0 Å². The van der Waals surface area contributed by atoms with E-state index in [0.717, 1.165) is 45.0 Å². The molecule has 5 rings (SSSR count). The monoisotopic (exact) mass is 477 g/mol. The van der Waals surface area contributed by atoms with Crippen LogP contribution in [0.15, 0.2) is 54.7 Å². The molecular weight excluding hydrogens is 449 g/mol. The van der Waals surface area contributed by atoms with E-state index in [4.69, 9.17) is 9.47 Å². The molecule has 0 bridgehead atoms. The van der Waals surface area contributed by atoms with Gasteiger partial charge in [0.2, 0.25) is 5.95 Å². The highest BCUT2D eigenvalue weighted by molar-refractivity contribution is 5.89. The molecule has 9 heteroatoms. The zero-order valence-corrected chi connectivity index (χ0v) is 19.6. The Morgan fingerprint density at radius 3 is 2.54 bits per heavy atom. The van der Waals surface area contributed by atoms with E-state index in [2.05, 4.69) is 25.1 Å². The van der Waals surface area contributed by atoms with Gasteiger partial charge in [-0.2, -0.15) is 0 Å². The Labute approximate surface area is 203 Å². The largest absolute Gasteiger partial charge is 0.465 e. The lowest BCUT2D eigenvalue weighted by atomic mass is 10.1. The molecule has 0 spiro atoms. The number of halogens is 1. The SMILES string of the molecule is COC(=O)c1ccc(-c2ccnc(Nc3ccc(CN4CCN(C5COC5)CC4)c(F)c3)n2)cc1. The van der Waals surface area contributed by atoms with E-state index >= 15 is 0 Å². The summed E-state index contributed by atoms with van der Waals surface area (Å²) in [5.41, 5.74) is 3.24. The molecular formula is C26H28FN5O3. The highest BCUT2D eigenvalue weighted by Gasteiger charge is 2.29. The molecule has 2 aromatic carbocycles. The number of rotatable bonds is 7. The Balaban J connectivity index is 1.21. The molecule has 0 radical (unpaired) electrons. The molecule has 8 nitrogen and oxygen atoms in total. The van der Waals surface area contributed by atoms with Gasteiger partial charge in [-0.1, -0.05) is 18.2 Å². The van der Waals surface area contributed by atoms with Gasteiger partial charge in [-0.25, -0.2) is 19.2 Å². The van der Waals surface area contributed by atoms with Gasteiger partial charge in [-0.15, -0.1) is 0 Å². The fourth-order valence-corrected chi connectivity index (χ4v) is 4.32. The van der Waals surface area contributed by atoms with E-state index in [1.165, 1.54) is 13.2 Å². The molecule has 0 amide bonds. The molecule has 0 atom stereocenters. The van der Waals surface area contributed by atoms with Gasteiger partial charge in [0, 0.05) is 55.7 Å². The lowest BCUT2D eigenvalue weighted by Crippen LogP contribution is -2.56. The summed E-state index contributed by atoms with van der Waals surface area (Å²) < 4.78 is 24.9. The Bertz CT molecular complexity index is 1180. The maximum atomic E-state index is 14.9. The third-order valence-corrected chi connectivity index (χ3v) is 6.50. The van der Waals surface area contributed by atoms with Crippen molar-refractivity contribution in [3.8, 4) is 11.3 Å². The summed E-state index contributed by atoms with van der Waals surface area (Å²) in [6, 6.07) is 14.5. The minimum atomic E-state index is -0.391. The average molecular weight is 478 g/mol. The Hall–Kier alpha value is -3.40. The van der Waals surface area contributed by atoms with Gasteiger partial charge in [0.15, 0.2) is 0 Å². The number of piperazine rings is 1. The van der Waals surface area contributed by atoms with E-state index in [1.807, 2.05) is 12.1 Å². The normalized spacial score (nSPS) is 17.1. The third-order valence-electron chi connectivity index (χ3n) is 6.50. The summed E-state index contributed by atoms with van der Waals surface area (Å²) in [7, 11) is 1.35. The number of anilines is 2. The molecule has 1 aromatic heterocycles. The smallest absolute Gasteiger partial charge is 0.337 e. The van der Waals surface area contributed by atoms with Crippen LogP contribution in [0.25, 0.3) is 11.3 Å². The van der Waals surface area contributed by atoms with E-state index in [1.54, 1.807) is 36.5 Å². The van der Waals surface area contributed by atoms with Gasteiger partial charge in [0.05, 0.1) is 37.6 Å². The second-order valence-corrected chi connectivity index (χ2v) is 8.77. The van der Waals surface area contributed by atoms with Crippen LogP contribution >= 0.6 is 0 Å². The van der Waals surface area contributed by atoms with Crippen LogP contribution in [0.3, 0.4) is 0 Å². The van der Waals surface area contributed by atoms with Crippen LogP contribution in [0.4, 0.5) is 16.0 Å². The van der Waals surface area contributed by atoms with Gasteiger partial charge in [-0.05, 0) is 30.3 Å². The molecule has 0 unspecified atom stereocenters. The average Bonchev–Trinajstić information content (AvgIpc) is 2.85. The number of hydrogen-bond donors (Lipinski definition) is 1. The number of hydrogen-bond acceptors (Lipinski definition) is 8. The van der Waals surface area contributed by atoms with Crippen molar-refractivity contribution < 1.29 is 18.7 Å². The van der Waals surface area contributed by atoms with E-state index in [0.29, 0.717) is 41.0 Å². The molecule has 1 N–H and O–H groups in total. The minimum absolute atomic E-state index is 0.251. The molecule has 182 valence electrons. The first kappa shape index (κ1) is 23.3. The summed E-state index contributed by atoms with van der Waals surface area (Å²) in [4.78, 5) is 25.2. The van der Waals surface area contributed by atoms with Crippen molar-refractivity contribution in [2.24, 2.45) is 0 Å². The number of methoxy groups -OCH3 is 1. The zero-order chi connectivity index (χ0) is 24.2. The number of nitrogens with one attached hydrogen (secondary N) is 1. The molecule has 0 saturated carbocycles. The fourth-order valence-electron chi connectivity index (χ4n) is 4.32. The van der Waals surface area contributed by atoms with Crippen LogP contribution in [0.5, 0.6) is 0 Å². The van der Waals surface area contributed by atoms with E-state index in [9.17, 15) is 9.18 Å². The molecule has 2 aliphatic heterocycles. The molecule has 35 heavy (non-hydrogen) atoms. The summed E-state index contributed by atoms with van der Waals surface area (Å²) in [5, 5.41) is 3.09. The van der Waals surface area contributed by atoms with Gasteiger partial charge >= 0.3 is 5.97 Å². The van der Waals surface area contributed by atoms with Crippen LogP contribution in [0.2, 0.25) is 0 Å². The Morgan fingerprint density at radius 1 is 1.11 bits per heavy atom. The number of carbonyl (C=O) groups excluding carboxylic acids is 1. The second kappa shape index (κ2) is 10.5. The van der Waals surface area contributed by atoms with Crippen LogP contribution in [0, 0.1) is 5.82 Å². The van der Waals surface area contributed by atoms with Crippen molar-refractivity contribution >= 4 is 17.6 Å². The topological polar surface area (TPSA) is 79.8 Å². The molecule has 2 fully saturated rings. The van der Waals surface area contributed by atoms with Crippen molar-refractivity contribution in [3.63, 3.8) is 0 Å². The van der Waals surface area contributed by atoms with Crippen LogP contribution < -0.4 is 5.32 Å². The summed E-state index contributed by atoms with van der Waals surface area (Å²) in [5.74, 6) is -0.278. The zero-order valence-electron chi connectivity index (χ0n) is 19.6. The molecule has 2 saturated heterocycles. The predicted molar refractivity (Wildman–Crippen MR) is 130 cm³/mol. The highest BCUT2D eigenvalue weighted by atomic mass is 19.1. The van der Waals surface area contributed by atoms with Crippen LogP contribution in [-0.4, -0.2) is 78.3 Å². The standard InChI is InChI=1S/C26H28FN5O3/c1-34-25(33)19-4-2-18(3-5-19)24-8-9-28-26(30-24)29-21-7-6-20(23(27)14-21)15-31-10-12-32(13-11-31)22-16-35-17-22/h2-9,14,22H,10-13,15-17H2,1H3,(H,28,29,30). The number of ether oxygens (including phenoxy) is 2. The summed E-state index contributed by atoms with van der Waals surface area (Å²) in [6.45, 7) is 6.10. The fraction of sp³-hybridized carbons (Fsp3) is 0.346. The summed E-state index contributed by atoms with van der Waals surface area (Å²) >= 11 is 0.